The van der Waals surface area contributed by atoms with E-state index in [9.17, 15) is 19.7 Å². The Kier molecular flexibility index (Phi) is 6.50. The number of nitrogen functional groups attached to an aromatic ring is 1. The van der Waals surface area contributed by atoms with E-state index in [-0.39, 0.29) is 16.9 Å². The molecule has 0 saturated carbocycles. The predicted octanol–water partition coefficient (Wildman–Crippen LogP) is 4.54. The first kappa shape index (κ1) is 24.2. The van der Waals surface area contributed by atoms with Crippen molar-refractivity contribution < 1.29 is 4.39 Å². The predicted molar refractivity (Wildman–Crippen MR) is 143 cm³/mol. The van der Waals surface area contributed by atoms with E-state index in [1.165, 1.54) is 23.0 Å². The van der Waals surface area contributed by atoms with Gasteiger partial charge in [-0.2, -0.15) is 10.5 Å². The lowest BCUT2D eigenvalue weighted by Gasteiger charge is -2.19. The van der Waals surface area contributed by atoms with Gasteiger partial charge in [0.25, 0.3) is 5.56 Å². The third kappa shape index (κ3) is 4.41. The summed E-state index contributed by atoms with van der Waals surface area (Å²) in [5.41, 5.74) is 9.96. The highest BCUT2D eigenvalue weighted by atomic mass is 19.1. The fourth-order valence-electron chi connectivity index (χ4n) is 4.51. The molecule has 184 valence electrons. The summed E-state index contributed by atoms with van der Waals surface area (Å²) in [4.78, 5) is 21.8. The number of fused-ring (bicyclic) bond motifs is 1. The smallest absolute Gasteiger partial charge is 0.263 e. The first-order chi connectivity index (χ1) is 18.5. The van der Waals surface area contributed by atoms with Gasteiger partial charge in [-0.05, 0) is 47.4 Å². The second-order valence-electron chi connectivity index (χ2n) is 8.46. The van der Waals surface area contributed by atoms with Crippen molar-refractivity contribution in [3.63, 3.8) is 0 Å². The lowest BCUT2D eigenvalue weighted by Crippen LogP contribution is -2.21. The summed E-state index contributed by atoms with van der Waals surface area (Å²) in [6, 6.07) is 23.2. The van der Waals surface area contributed by atoms with E-state index < -0.39 is 5.82 Å². The second-order valence-corrected chi connectivity index (χ2v) is 8.46. The van der Waals surface area contributed by atoms with E-state index in [0.717, 1.165) is 16.7 Å². The molecule has 0 amide bonds. The van der Waals surface area contributed by atoms with E-state index in [4.69, 9.17) is 5.73 Å². The van der Waals surface area contributed by atoms with Gasteiger partial charge in [-0.15, -0.1) is 0 Å². The topological polar surface area (TPSA) is 133 Å². The van der Waals surface area contributed by atoms with E-state index in [1.807, 2.05) is 48.5 Å². The number of hydrogen-bond donors (Lipinski definition) is 2. The number of nitrogens with two attached hydrogens (primary N) is 1. The van der Waals surface area contributed by atoms with Crippen LogP contribution in [-0.4, -0.2) is 20.9 Å². The van der Waals surface area contributed by atoms with Gasteiger partial charge < -0.3 is 11.1 Å². The Morgan fingerprint density at radius 2 is 1.66 bits per heavy atom. The van der Waals surface area contributed by atoms with Gasteiger partial charge in [0.15, 0.2) is 0 Å². The van der Waals surface area contributed by atoms with E-state index in [1.54, 1.807) is 18.2 Å². The molecule has 0 bridgehead atoms. The third-order valence-corrected chi connectivity index (χ3v) is 6.23. The number of halogens is 1. The van der Waals surface area contributed by atoms with Crippen LogP contribution >= 0.6 is 0 Å². The van der Waals surface area contributed by atoms with Crippen molar-refractivity contribution in [3.8, 4) is 34.4 Å². The molecule has 0 aliphatic rings. The molecule has 0 aliphatic carbocycles. The Labute approximate surface area is 217 Å². The molecule has 0 saturated heterocycles. The van der Waals surface area contributed by atoms with Crippen LogP contribution in [0.5, 0.6) is 0 Å². The van der Waals surface area contributed by atoms with Crippen molar-refractivity contribution in [1.29, 1.82) is 10.5 Å². The molecular weight excluding hydrogens is 481 g/mol. The minimum Gasteiger partial charge on any atom is -0.382 e. The van der Waals surface area contributed by atoms with Crippen molar-refractivity contribution in [2.24, 2.45) is 0 Å². The van der Waals surface area contributed by atoms with Crippen molar-refractivity contribution in [2.45, 2.75) is 6.42 Å². The van der Waals surface area contributed by atoms with Crippen molar-refractivity contribution in [2.75, 3.05) is 17.6 Å². The van der Waals surface area contributed by atoms with Crippen LogP contribution < -0.4 is 16.6 Å². The third-order valence-electron chi connectivity index (χ3n) is 6.23. The lowest BCUT2D eigenvalue weighted by atomic mass is 9.90. The molecule has 5 aromatic rings. The normalized spacial score (nSPS) is 10.6. The fraction of sp³-hybridized carbons (Fsp3) is 0.0690. The maximum absolute atomic E-state index is 14.3. The van der Waals surface area contributed by atoms with Crippen LogP contribution in [0.4, 0.5) is 16.0 Å². The average molecular weight is 502 g/mol. The average Bonchev–Trinajstić information content (AvgIpc) is 2.94. The van der Waals surface area contributed by atoms with Gasteiger partial charge in [0.2, 0.25) is 0 Å². The van der Waals surface area contributed by atoms with Crippen LogP contribution in [0.1, 0.15) is 16.7 Å². The summed E-state index contributed by atoms with van der Waals surface area (Å²) in [6.45, 7) is 0.311. The van der Waals surface area contributed by atoms with Gasteiger partial charge in [-0.3, -0.25) is 9.20 Å². The highest BCUT2D eigenvalue weighted by Crippen LogP contribution is 2.34. The number of benzene rings is 2. The number of nitrogens with one attached hydrogen (secondary N) is 1. The summed E-state index contributed by atoms with van der Waals surface area (Å²) in [6.07, 6.45) is 2.81. The van der Waals surface area contributed by atoms with Crippen molar-refractivity contribution in [1.82, 2.24) is 14.4 Å². The van der Waals surface area contributed by atoms with E-state index in [0.29, 0.717) is 41.0 Å². The molecule has 0 aliphatic heterocycles. The molecule has 0 atom stereocenters. The van der Waals surface area contributed by atoms with Gasteiger partial charge in [0, 0.05) is 18.3 Å². The van der Waals surface area contributed by atoms with Gasteiger partial charge in [-0.25, -0.2) is 14.4 Å². The Balaban J connectivity index is 1.73. The number of pyridine rings is 2. The summed E-state index contributed by atoms with van der Waals surface area (Å²) < 4.78 is 15.6. The molecule has 3 N–H and O–H groups in total. The molecule has 8 nitrogen and oxygen atoms in total. The van der Waals surface area contributed by atoms with Crippen LogP contribution in [-0.2, 0) is 6.42 Å². The summed E-state index contributed by atoms with van der Waals surface area (Å²) >= 11 is 0. The first-order valence-corrected chi connectivity index (χ1v) is 11.7. The molecule has 3 aromatic heterocycles. The number of anilines is 2. The second kappa shape index (κ2) is 10.2. The zero-order valence-electron chi connectivity index (χ0n) is 20.0. The van der Waals surface area contributed by atoms with Gasteiger partial charge >= 0.3 is 0 Å². The summed E-state index contributed by atoms with van der Waals surface area (Å²) in [7, 11) is 0. The molecule has 2 aromatic carbocycles. The zero-order chi connectivity index (χ0) is 26.6. The van der Waals surface area contributed by atoms with Gasteiger partial charge in [0.05, 0.1) is 22.7 Å². The Morgan fingerprint density at radius 3 is 2.37 bits per heavy atom. The van der Waals surface area contributed by atoms with Crippen molar-refractivity contribution >= 4 is 17.2 Å². The minimum atomic E-state index is -0.538. The van der Waals surface area contributed by atoms with Crippen LogP contribution in [0.15, 0.2) is 84.0 Å². The zero-order valence-corrected chi connectivity index (χ0v) is 20.0. The molecule has 0 fully saturated rings. The largest absolute Gasteiger partial charge is 0.382 e. The Bertz CT molecular complexity index is 1800. The number of nitriles is 2. The molecule has 9 heteroatoms. The molecule has 0 spiro atoms. The number of hydrogen-bond acceptors (Lipinski definition) is 7. The fourth-order valence-corrected chi connectivity index (χ4v) is 4.51. The molecule has 0 radical (unpaired) electrons. The highest BCUT2D eigenvalue weighted by Gasteiger charge is 2.21. The van der Waals surface area contributed by atoms with E-state index >= 15 is 0 Å². The van der Waals surface area contributed by atoms with E-state index in [2.05, 4.69) is 21.4 Å². The maximum atomic E-state index is 14.3. The monoisotopic (exact) mass is 501 g/mol. The SMILES string of the molecule is N#Cc1ccc(-c2c(CCNc3ncnc(N)c3C#N)c(-c3ccccc3)c(=O)n3cc(F)ccc23)cc1. The number of aromatic nitrogens is 3. The summed E-state index contributed by atoms with van der Waals surface area (Å²) in [5.74, 6) is -0.177. The number of nitrogens with zero attached hydrogens (tertiary/aromatic N) is 5. The van der Waals surface area contributed by atoms with Gasteiger partial charge in [-0.1, -0.05) is 42.5 Å². The van der Waals surface area contributed by atoms with Crippen molar-refractivity contribution in [3.05, 3.63) is 112 Å². The molecule has 38 heavy (non-hydrogen) atoms. The highest BCUT2D eigenvalue weighted by molar-refractivity contribution is 5.89. The molecular formula is C29H20FN7O. The number of rotatable bonds is 6. The minimum absolute atomic E-state index is 0.0687. The molecule has 3 heterocycles. The summed E-state index contributed by atoms with van der Waals surface area (Å²) in [5, 5.41) is 21.9. The van der Waals surface area contributed by atoms with Crippen LogP contribution in [0.2, 0.25) is 0 Å². The first-order valence-electron chi connectivity index (χ1n) is 11.7. The maximum Gasteiger partial charge on any atom is 0.263 e. The standard InChI is InChI=1S/C29H20FN7O/c30-21-10-11-24-25(20-8-6-18(14-31)7-9-20)22(12-13-34-28-23(15-32)27(33)35-17-36-28)26(29(38)37(24)16-21)19-4-2-1-3-5-19/h1-11,16-17H,12-13H2,(H3,33,34,35,36). The lowest BCUT2D eigenvalue weighted by molar-refractivity contribution is 0.618. The van der Waals surface area contributed by atoms with Crippen LogP contribution in [0.25, 0.3) is 27.8 Å². The molecule has 0 unspecified atom stereocenters. The van der Waals surface area contributed by atoms with Crippen LogP contribution in [0.3, 0.4) is 0 Å². The Hall–Kier alpha value is -5.54. The Morgan fingerprint density at radius 1 is 0.921 bits per heavy atom. The quantitative estimate of drug-likeness (QED) is 0.349. The van der Waals surface area contributed by atoms with Crippen LogP contribution in [0, 0.1) is 28.5 Å². The molecule has 5 rings (SSSR count). The van der Waals surface area contributed by atoms with Gasteiger partial charge in [0.1, 0.15) is 35.4 Å².